The molecule has 2 aromatic carbocycles. The van der Waals surface area contributed by atoms with Crippen LogP contribution in [0, 0.1) is 0 Å². The fourth-order valence-electron chi connectivity index (χ4n) is 3.82. The molecule has 160 valence electrons. The highest BCUT2D eigenvalue weighted by molar-refractivity contribution is 6.30. The van der Waals surface area contributed by atoms with Crippen LogP contribution in [-0.2, 0) is 22.5 Å². The predicted octanol–water partition coefficient (Wildman–Crippen LogP) is 4.45. The summed E-state index contributed by atoms with van der Waals surface area (Å²) >= 11 is 5.90. The van der Waals surface area contributed by atoms with Crippen molar-refractivity contribution < 1.29 is 14.3 Å². The summed E-state index contributed by atoms with van der Waals surface area (Å²) in [5, 5.41) is 4.11. The Balaban J connectivity index is 1.63. The molecule has 2 heterocycles. The predicted molar refractivity (Wildman–Crippen MR) is 121 cm³/mol. The number of fused-ring (bicyclic) bond motifs is 2. The Morgan fingerprint density at radius 2 is 1.94 bits per heavy atom. The molecule has 3 aromatic rings. The van der Waals surface area contributed by atoms with Crippen molar-refractivity contribution >= 4 is 40.1 Å². The number of anilines is 1. The minimum Gasteiger partial charge on any atom is -0.449 e. The van der Waals surface area contributed by atoms with Crippen LogP contribution in [0.3, 0.4) is 0 Å². The molecule has 0 saturated heterocycles. The summed E-state index contributed by atoms with van der Waals surface area (Å²) in [4.78, 5) is 33.0. The molecule has 1 amide bonds. The Morgan fingerprint density at radius 3 is 2.68 bits per heavy atom. The maximum absolute atomic E-state index is 13.3. The summed E-state index contributed by atoms with van der Waals surface area (Å²) in [7, 11) is 2.02. The number of nitrogens with one attached hydrogen (secondary N) is 1. The molecule has 4 rings (SSSR count). The van der Waals surface area contributed by atoms with E-state index in [9.17, 15) is 9.59 Å². The van der Waals surface area contributed by atoms with Gasteiger partial charge in [-0.3, -0.25) is 9.78 Å². The first-order valence-electron chi connectivity index (χ1n) is 10.3. The lowest BCUT2D eigenvalue weighted by Crippen LogP contribution is -2.34. The molecular weight excluding hydrogens is 414 g/mol. The van der Waals surface area contributed by atoms with Crippen LogP contribution >= 0.6 is 11.6 Å². The van der Waals surface area contributed by atoms with Crippen molar-refractivity contribution in [1.29, 1.82) is 0 Å². The van der Waals surface area contributed by atoms with Crippen LogP contribution < -0.4 is 5.32 Å². The van der Waals surface area contributed by atoms with E-state index in [-0.39, 0.29) is 5.91 Å². The first kappa shape index (κ1) is 21.3. The van der Waals surface area contributed by atoms with Crippen molar-refractivity contribution in [3.05, 3.63) is 70.4 Å². The summed E-state index contributed by atoms with van der Waals surface area (Å²) in [6, 6.07) is 14.4. The van der Waals surface area contributed by atoms with E-state index in [4.69, 9.17) is 21.3 Å². The molecule has 1 aliphatic rings. The van der Waals surface area contributed by atoms with Gasteiger partial charge in [0.1, 0.15) is 0 Å². The van der Waals surface area contributed by atoms with E-state index in [2.05, 4.69) is 10.2 Å². The number of carbonyl (C=O) groups is 2. The van der Waals surface area contributed by atoms with Crippen molar-refractivity contribution in [2.45, 2.75) is 32.4 Å². The molecule has 1 unspecified atom stereocenters. The molecule has 1 N–H and O–H groups in total. The van der Waals surface area contributed by atoms with E-state index in [0.29, 0.717) is 29.2 Å². The minimum absolute atomic E-state index is 0.357. The van der Waals surface area contributed by atoms with Gasteiger partial charge in [-0.05, 0) is 43.8 Å². The van der Waals surface area contributed by atoms with Crippen LogP contribution in [0.5, 0.6) is 0 Å². The maximum Gasteiger partial charge on any atom is 0.340 e. The van der Waals surface area contributed by atoms with Crippen molar-refractivity contribution in [2.75, 3.05) is 18.9 Å². The lowest BCUT2D eigenvalue weighted by molar-refractivity contribution is -0.124. The number of para-hydroxylation sites is 1. The lowest BCUT2D eigenvalue weighted by atomic mass is 9.96. The van der Waals surface area contributed by atoms with E-state index < -0.39 is 12.1 Å². The molecule has 1 aromatic heterocycles. The Morgan fingerprint density at radius 1 is 1.19 bits per heavy atom. The normalized spacial score (nSPS) is 14.7. The third-order valence-corrected chi connectivity index (χ3v) is 5.72. The van der Waals surface area contributed by atoms with Crippen LogP contribution in [0.15, 0.2) is 48.5 Å². The van der Waals surface area contributed by atoms with Gasteiger partial charge in [-0.2, -0.15) is 0 Å². The van der Waals surface area contributed by atoms with Gasteiger partial charge >= 0.3 is 5.97 Å². The molecular formula is C24H24ClN3O3. The number of amides is 1. The average molecular weight is 438 g/mol. The Bertz CT molecular complexity index is 1130. The highest BCUT2D eigenvalue weighted by atomic mass is 35.5. The lowest BCUT2D eigenvalue weighted by Gasteiger charge is -2.27. The number of esters is 1. The number of benzene rings is 2. The quantitative estimate of drug-likeness (QED) is 0.597. The number of likely N-dealkylation sites (N-methyl/N-ethyl adjacent to an activating group) is 1. The maximum atomic E-state index is 13.3. The Kier molecular flexibility index (Phi) is 6.20. The SMILES string of the molecule is CCC(OC(=O)c1c2c(nc3ccccc13)CCN(C)C2)C(=O)Nc1ccc(Cl)cc1. The second-order valence-corrected chi connectivity index (χ2v) is 8.15. The summed E-state index contributed by atoms with van der Waals surface area (Å²) in [6.45, 7) is 3.31. The molecule has 31 heavy (non-hydrogen) atoms. The standard InChI is InChI=1S/C24H24ClN3O3/c1-3-21(23(29)26-16-10-8-15(25)9-11-16)31-24(30)22-17-6-4-5-7-19(17)27-20-12-13-28(2)14-18(20)22/h4-11,21H,3,12-14H2,1-2H3,(H,26,29). The third kappa shape index (κ3) is 4.55. The monoisotopic (exact) mass is 437 g/mol. The summed E-state index contributed by atoms with van der Waals surface area (Å²) in [6.07, 6.45) is 0.216. The highest BCUT2D eigenvalue weighted by Crippen LogP contribution is 2.29. The van der Waals surface area contributed by atoms with Crippen LogP contribution in [0.1, 0.15) is 35.0 Å². The first-order chi connectivity index (χ1) is 15.0. The van der Waals surface area contributed by atoms with Crippen LogP contribution in [-0.4, -0.2) is 41.5 Å². The topological polar surface area (TPSA) is 71.5 Å². The second kappa shape index (κ2) is 9.04. The van der Waals surface area contributed by atoms with E-state index in [1.54, 1.807) is 24.3 Å². The number of carbonyl (C=O) groups excluding carboxylic acids is 2. The zero-order chi connectivity index (χ0) is 22.0. The first-order valence-corrected chi connectivity index (χ1v) is 10.7. The number of ether oxygens (including phenoxy) is 1. The molecule has 7 heteroatoms. The number of hydrogen-bond donors (Lipinski definition) is 1. The largest absolute Gasteiger partial charge is 0.449 e. The highest BCUT2D eigenvalue weighted by Gasteiger charge is 2.28. The molecule has 0 fully saturated rings. The van der Waals surface area contributed by atoms with Gasteiger partial charge < -0.3 is 15.0 Å². The molecule has 0 bridgehead atoms. The van der Waals surface area contributed by atoms with Gasteiger partial charge in [-0.25, -0.2) is 4.79 Å². The van der Waals surface area contributed by atoms with E-state index in [1.807, 2.05) is 38.2 Å². The van der Waals surface area contributed by atoms with Gasteiger partial charge in [-0.15, -0.1) is 0 Å². The van der Waals surface area contributed by atoms with E-state index >= 15 is 0 Å². The van der Waals surface area contributed by atoms with Crippen molar-refractivity contribution in [2.24, 2.45) is 0 Å². The Labute approximate surface area is 186 Å². The van der Waals surface area contributed by atoms with Crippen LogP contribution in [0.2, 0.25) is 5.02 Å². The van der Waals surface area contributed by atoms with Crippen LogP contribution in [0.25, 0.3) is 10.9 Å². The average Bonchev–Trinajstić information content (AvgIpc) is 2.77. The number of rotatable bonds is 5. The second-order valence-electron chi connectivity index (χ2n) is 7.72. The van der Waals surface area contributed by atoms with Gasteiger partial charge in [0.25, 0.3) is 5.91 Å². The van der Waals surface area contributed by atoms with E-state index in [0.717, 1.165) is 35.1 Å². The van der Waals surface area contributed by atoms with Crippen LogP contribution in [0.4, 0.5) is 5.69 Å². The number of nitrogens with zero attached hydrogens (tertiary/aromatic N) is 2. The zero-order valence-electron chi connectivity index (χ0n) is 17.5. The number of hydrogen-bond acceptors (Lipinski definition) is 5. The summed E-state index contributed by atoms with van der Waals surface area (Å²) < 4.78 is 5.73. The fourth-order valence-corrected chi connectivity index (χ4v) is 3.95. The van der Waals surface area contributed by atoms with Gasteiger partial charge in [0.2, 0.25) is 0 Å². The van der Waals surface area contributed by atoms with Crippen molar-refractivity contribution in [1.82, 2.24) is 9.88 Å². The molecule has 1 aliphatic heterocycles. The van der Waals surface area contributed by atoms with Gasteiger partial charge in [0, 0.05) is 46.9 Å². The zero-order valence-corrected chi connectivity index (χ0v) is 18.3. The van der Waals surface area contributed by atoms with Gasteiger partial charge in [0.15, 0.2) is 6.10 Å². The Hall–Kier alpha value is -2.96. The number of pyridine rings is 1. The smallest absolute Gasteiger partial charge is 0.340 e. The molecule has 0 spiro atoms. The molecule has 0 radical (unpaired) electrons. The number of halogens is 1. The molecule has 0 aliphatic carbocycles. The minimum atomic E-state index is -0.910. The van der Waals surface area contributed by atoms with Gasteiger partial charge in [-0.1, -0.05) is 36.7 Å². The molecule has 1 atom stereocenters. The summed E-state index contributed by atoms with van der Waals surface area (Å²) in [5.41, 5.74) is 3.66. The van der Waals surface area contributed by atoms with Gasteiger partial charge in [0.05, 0.1) is 11.1 Å². The van der Waals surface area contributed by atoms with E-state index in [1.165, 1.54) is 0 Å². The summed E-state index contributed by atoms with van der Waals surface area (Å²) in [5.74, 6) is -0.870. The third-order valence-electron chi connectivity index (χ3n) is 5.47. The molecule has 0 saturated carbocycles. The van der Waals surface area contributed by atoms with Crippen molar-refractivity contribution in [3.63, 3.8) is 0 Å². The molecule has 6 nitrogen and oxygen atoms in total. The number of aromatic nitrogens is 1. The van der Waals surface area contributed by atoms with Crippen molar-refractivity contribution in [3.8, 4) is 0 Å². The fraction of sp³-hybridized carbons (Fsp3) is 0.292.